The molecule has 0 aromatic carbocycles. The monoisotopic (exact) mass is 299 g/mol. The molecule has 0 saturated carbocycles. The first-order valence-corrected chi connectivity index (χ1v) is 7.64. The Balaban J connectivity index is 2.59. The largest absolute Gasteiger partial charge is 0.466 e. The van der Waals surface area contributed by atoms with Crippen molar-refractivity contribution in [3.05, 3.63) is 0 Å². The van der Waals surface area contributed by atoms with E-state index in [1.54, 1.807) is 11.8 Å². The Morgan fingerprint density at radius 1 is 1.33 bits per heavy atom. The van der Waals surface area contributed by atoms with Gasteiger partial charge in [0.1, 0.15) is 0 Å². The van der Waals surface area contributed by atoms with Crippen LogP contribution < -0.4 is 11.1 Å². The van der Waals surface area contributed by atoms with Crippen molar-refractivity contribution in [2.24, 2.45) is 17.1 Å². The lowest BCUT2D eigenvalue weighted by Crippen LogP contribution is -2.54. The average molecular weight is 299 g/mol. The first-order valence-electron chi connectivity index (χ1n) is 7.64. The van der Waals surface area contributed by atoms with E-state index in [0.717, 1.165) is 13.0 Å². The summed E-state index contributed by atoms with van der Waals surface area (Å²) < 4.78 is 5.00. The van der Waals surface area contributed by atoms with Crippen LogP contribution in [0.15, 0.2) is 0 Å². The summed E-state index contributed by atoms with van der Waals surface area (Å²) in [5.41, 5.74) is 5.58. The highest BCUT2D eigenvalue weighted by molar-refractivity contribution is 5.73. The lowest BCUT2D eigenvalue weighted by atomic mass is 9.90. The van der Waals surface area contributed by atoms with E-state index in [-0.39, 0.29) is 23.3 Å². The van der Waals surface area contributed by atoms with Gasteiger partial charge >= 0.3 is 12.0 Å². The van der Waals surface area contributed by atoms with Crippen LogP contribution in [0.3, 0.4) is 0 Å². The van der Waals surface area contributed by atoms with Crippen molar-refractivity contribution in [2.45, 2.75) is 46.6 Å². The number of carbonyl (C=O) groups excluding carboxylic acids is 2. The van der Waals surface area contributed by atoms with Crippen LogP contribution in [0.5, 0.6) is 0 Å². The zero-order chi connectivity index (χ0) is 16.0. The van der Waals surface area contributed by atoms with Crippen LogP contribution in [-0.2, 0) is 9.53 Å². The van der Waals surface area contributed by atoms with E-state index >= 15 is 0 Å². The highest BCUT2D eigenvalue weighted by Gasteiger charge is 2.31. The molecule has 1 heterocycles. The number of nitrogens with one attached hydrogen (secondary N) is 1. The fraction of sp³-hybridized carbons (Fsp3) is 0.867. The Hall–Kier alpha value is -1.30. The summed E-state index contributed by atoms with van der Waals surface area (Å²) in [5, 5.41) is 3.48. The third kappa shape index (κ3) is 6.80. The van der Waals surface area contributed by atoms with Crippen molar-refractivity contribution in [1.82, 2.24) is 10.2 Å². The number of piperidine rings is 1. The van der Waals surface area contributed by atoms with Gasteiger partial charge in [-0.1, -0.05) is 20.8 Å². The molecule has 3 N–H and O–H groups in total. The van der Waals surface area contributed by atoms with Gasteiger partial charge in [0, 0.05) is 25.7 Å². The van der Waals surface area contributed by atoms with Crippen LogP contribution in [0.25, 0.3) is 0 Å². The third-order valence-electron chi connectivity index (χ3n) is 3.53. The highest BCUT2D eigenvalue weighted by Crippen LogP contribution is 2.21. The first-order chi connectivity index (χ1) is 9.71. The Bertz CT molecular complexity index is 366. The van der Waals surface area contributed by atoms with E-state index in [9.17, 15) is 9.59 Å². The fourth-order valence-corrected chi connectivity index (χ4v) is 2.59. The molecule has 2 amide bonds. The van der Waals surface area contributed by atoms with Gasteiger partial charge in [0.05, 0.1) is 13.0 Å². The number of primary amides is 1. The summed E-state index contributed by atoms with van der Waals surface area (Å²) in [7, 11) is 0. The minimum absolute atomic E-state index is 0.0998. The molecule has 122 valence electrons. The summed E-state index contributed by atoms with van der Waals surface area (Å²) in [4.78, 5) is 24.7. The predicted molar refractivity (Wildman–Crippen MR) is 81.8 cm³/mol. The summed E-state index contributed by atoms with van der Waals surface area (Å²) in [5.74, 6) is -0.105. The molecule has 1 aliphatic heterocycles. The van der Waals surface area contributed by atoms with E-state index in [0.29, 0.717) is 26.1 Å². The average Bonchev–Trinajstić information content (AvgIpc) is 2.35. The van der Waals surface area contributed by atoms with Gasteiger partial charge < -0.3 is 20.7 Å². The Morgan fingerprint density at radius 2 is 2.00 bits per heavy atom. The zero-order valence-electron chi connectivity index (χ0n) is 13.6. The maximum Gasteiger partial charge on any atom is 0.314 e. The molecule has 0 aromatic heterocycles. The number of likely N-dealkylation sites (tertiary alicyclic amines) is 1. The van der Waals surface area contributed by atoms with Crippen LogP contribution in [0, 0.1) is 11.3 Å². The van der Waals surface area contributed by atoms with E-state index in [1.165, 1.54) is 0 Å². The molecule has 1 fully saturated rings. The quantitative estimate of drug-likeness (QED) is 0.750. The van der Waals surface area contributed by atoms with Crippen molar-refractivity contribution in [2.75, 3.05) is 26.2 Å². The molecule has 0 bridgehead atoms. The minimum atomic E-state index is -0.425. The summed E-state index contributed by atoms with van der Waals surface area (Å²) in [6.07, 6.45) is 1.20. The second-order valence-electron chi connectivity index (χ2n) is 6.99. The number of esters is 1. The van der Waals surface area contributed by atoms with Crippen molar-refractivity contribution >= 4 is 12.0 Å². The van der Waals surface area contributed by atoms with Gasteiger partial charge in [-0.2, -0.15) is 0 Å². The van der Waals surface area contributed by atoms with Gasteiger partial charge in [-0.3, -0.25) is 4.79 Å². The number of carbonyl (C=O) groups is 2. The lowest BCUT2D eigenvalue weighted by Gasteiger charge is -2.38. The Labute approximate surface area is 127 Å². The molecular weight excluding hydrogens is 270 g/mol. The van der Waals surface area contributed by atoms with Crippen molar-refractivity contribution in [3.8, 4) is 0 Å². The number of nitrogens with zero attached hydrogens (tertiary/aromatic N) is 1. The number of ether oxygens (including phenoxy) is 1. The van der Waals surface area contributed by atoms with Gasteiger partial charge in [-0.25, -0.2) is 4.79 Å². The van der Waals surface area contributed by atoms with Gasteiger partial charge in [0.25, 0.3) is 0 Å². The predicted octanol–water partition coefficient (Wildman–Crippen LogP) is 1.34. The SMILES string of the molecule is CCOC(=O)CC1CC(NCC(C)(C)C)CN(C(N)=O)C1. The smallest absolute Gasteiger partial charge is 0.314 e. The molecule has 1 saturated heterocycles. The zero-order valence-corrected chi connectivity index (χ0v) is 13.6. The van der Waals surface area contributed by atoms with Gasteiger partial charge in [0.15, 0.2) is 0 Å². The molecule has 1 aliphatic rings. The van der Waals surface area contributed by atoms with Crippen LogP contribution in [0.2, 0.25) is 0 Å². The van der Waals surface area contributed by atoms with Crippen LogP contribution >= 0.6 is 0 Å². The van der Waals surface area contributed by atoms with Crippen LogP contribution in [0.1, 0.15) is 40.5 Å². The van der Waals surface area contributed by atoms with Crippen LogP contribution in [0.4, 0.5) is 4.79 Å². The van der Waals surface area contributed by atoms with Gasteiger partial charge in [-0.05, 0) is 24.7 Å². The third-order valence-corrected chi connectivity index (χ3v) is 3.53. The molecule has 0 aliphatic carbocycles. The molecule has 0 radical (unpaired) electrons. The van der Waals surface area contributed by atoms with Gasteiger partial charge in [-0.15, -0.1) is 0 Å². The topological polar surface area (TPSA) is 84.7 Å². The first kappa shape index (κ1) is 17.8. The maximum absolute atomic E-state index is 11.6. The molecule has 6 heteroatoms. The van der Waals surface area contributed by atoms with Crippen molar-refractivity contribution < 1.29 is 14.3 Å². The number of nitrogens with two attached hydrogens (primary N) is 1. The Kier molecular flexibility index (Phi) is 6.45. The van der Waals surface area contributed by atoms with Gasteiger partial charge in [0.2, 0.25) is 0 Å². The number of amides is 2. The number of hydrogen-bond acceptors (Lipinski definition) is 4. The molecule has 0 spiro atoms. The second kappa shape index (κ2) is 7.64. The highest BCUT2D eigenvalue weighted by atomic mass is 16.5. The maximum atomic E-state index is 11.6. The van der Waals surface area contributed by atoms with E-state index in [4.69, 9.17) is 10.5 Å². The normalized spacial score (nSPS) is 23.0. The number of hydrogen-bond donors (Lipinski definition) is 2. The molecule has 1 rings (SSSR count). The standard InChI is InChI=1S/C15H29N3O3/c1-5-21-13(19)7-11-6-12(17-10-15(2,3)4)9-18(8-11)14(16)20/h11-12,17H,5-10H2,1-4H3,(H2,16,20). The molecule has 2 atom stereocenters. The Morgan fingerprint density at radius 3 is 2.52 bits per heavy atom. The van der Waals surface area contributed by atoms with Crippen molar-refractivity contribution in [3.63, 3.8) is 0 Å². The van der Waals surface area contributed by atoms with E-state index in [1.807, 2.05) is 0 Å². The molecule has 21 heavy (non-hydrogen) atoms. The minimum Gasteiger partial charge on any atom is -0.466 e. The molecule has 6 nitrogen and oxygen atoms in total. The summed E-state index contributed by atoms with van der Waals surface area (Å²) >= 11 is 0. The van der Waals surface area contributed by atoms with E-state index < -0.39 is 6.03 Å². The number of urea groups is 1. The van der Waals surface area contributed by atoms with E-state index in [2.05, 4.69) is 26.1 Å². The van der Waals surface area contributed by atoms with Crippen LogP contribution in [-0.4, -0.2) is 49.2 Å². The molecule has 0 aromatic rings. The lowest BCUT2D eigenvalue weighted by molar-refractivity contribution is -0.144. The number of rotatable bonds is 5. The summed E-state index contributed by atoms with van der Waals surface area (Å²) in [6.45, 7) is 10.6. The molecular formula is C15H29N3O3. The summed E-state index contributed by atoms with van der Waals surface area (Å²) in [6, 6.07) is -0.254. The second-order valence-corrected chi connectivity index (χ2v) is 6.99. The van der Waals surface area contributed by atoms with Crippen molar-refractivity contribution in [1.29, 1.82) is 0 Å². The molecule has 2 unspecified atom stereocenters. The fourth-order valence-electron chi connectivity index (χ4n) is 2.59.